The number of amides is 1. The highest BCUT2D eigenvalue weighted by Crippen LogP contribution is 2.34. The third-order valence-electron chi connectivity index (χ3n) is 5.53. The first kappa shape index (κ1) is 16.9. The average molecular weight is 330 g/mol. The third kappa shape index (κ3) is 3.94. The van der Waals surface area contributed by atoms with Gasteiger partial charge in [0.05, 0.1) is 5.92 Å². The van der Waals surface area contributed by atoms with Gasteiger partial charge in [0.25, 0.3) is 0 Å². The summed E-state index contributed by atoms with van der Waals surface area (Å²) in [6.45, 7) is 0.611. The van der Waals surface area contributed by atoms with Gasteiger partial charge in [-0.3, -0.25) is 14.6 Å². The molecule has 1 N–H and O–H groups in total. The third-order valence-corrected chi connectivity index (χ3v) is 5.53. The fourth-order valence-corrected chi connectivity index (χ4v) is 4.13. The molecule has 0 bridgehead atoms. The van der Waals surface area contributed by atoms with Crippen LogP contribution in [0.25, 0.3) is 0 Å². The number of rotatable bonds is 5. The van der Waals surface area contributed by atoms with E-state index < -0.39 is 5.97 Å². The predicted octanol–water partition coefficient (Wildman–Crippen LogP) is 3.24. The van der Waals surface area contributed by atoms with E-state index in [4.69, 9.17) is 0 Å². The SMILES string of the molecule is O=C(O)[C@H]1CC[C@@H](C(=O)N(Cc2ccncc2)C2CCCCC2)C1. The number of carbonyl (C=O) groups is 2. The molecule has 1 aromatic rings. The molecule has 0 aliphatic heterocycles. The van der Waals surface area contributed by atoms with Crippen LogP contribution in [0.15, 0.2) is 24.5 Å². The van der Waals surface area contributed by atoms with E-state index in [1.54, 1.807) is 12.4 Å². The van der Waals surface area contributed by atoms with Crippen molar-refractivity contribution in [1.29, 1.82) is 0 Å². The lowest BCUT2D eigenvalue weighted by atomic mass is 9.92. The van der Waals surface area contributed by atoms with Crippen LogP contribution >= 0.6 is 0 Å². The van der Waals surface area contributed by atoms with Gasteiger partial charge in [-0.1, -0.05) is 19.3 Å². The van der Waals surface area contributed by atoms with Gasteiger partial charge in [0, 0.05) is 30.9 Å². The van der Waals surface area contributed by atoms with Crippen LogP contribution < -0.4 is 0 Å². The minimum absolute atomic E-state index is 0.130. The Balaban J connectivity index is 1.73. The molecule has 3 rings (SSSR count). The van der Waals surface area contributed by atoms with Crippen molar-refractivity contribution in [2.45, 2.75) is 64.0 Å². The van der Waals surface area contributed by atoms with Crippen molar-refractivity contribution in [3.8, 4) is 0 Å². The van der Waals surface area contributed by atoms with Gasteiger partial charge in [-0.05, 0) is 49.8 Å². The maximum atomic E-state index is 13.1. The van der Waals surface area contributed by atoms with Crippen molar-refractivity contribution in [2.24, 2.45) is 11.8 Å². The van der Waals surface area contributed by atoms with Gasteiger partial charge >= 0.3 is 5.97 Å². The molecule has 1 amide bonds. The average Bonchev–Trinajstić information content (AvgIpc) is 3.11. The number of aliphatic carboxylic acids is 1. The monoisotopic (exact) mass is 330 g/mol. The fraction of sp³-hybridized carbons (Fsp3) is 0.632. The van der Waals surface area contributed by atoms with E-state index >= 15 is 0 Å². The van der Waals surface area contributed by atoms with Crippen LogP contribution in [0.3, 0.4) is 0 Å². The van der Waals surface area contributed by atoms with Gasteiger partial charge in [-0.2, -0.15) is 0 Å². The van der Waals surface area contributed by atoms with Crippen molar-refractivity contribution in [3.63, 3.8) is 0 Å². The Morgan fingerprint density at radius 3 is 2.33 bits per heavy atom. The first-order valence-electron chi connectivity index (χ1n) is 9.07. The summed E-state index contributed by atoms with van der Waals surface area (Å²) in [5, 5.41) is 9.20. The molecule has 0 aromatic carbocycles. The van der Waals surface area contributed by atoms with Gasteiger partial charge in [-0.25, -0.2) is 0 Å². The Morgan fingerprint density at radius 2 is 1.71 bits per heavy atom. The quantitative estimate of drug-likeness (QED) is 0.899. The van der Waals surface area contributed by atoms with Crippen LogP contribution in [0.1, 0.15) is 56.9 Å². The van der Waals surface area contributed by atoms with Crippen LogP contribution in [0.2, 0.25) is 0 Å². The van der Waals surface area contributed by atoms with Crippen LogP contribution in [0.5, 0.6) is 0 Å². The molecule has 130 valence electrons. The van der Waals surface area contributed by atoms with Crippen LogP contribution in [-0.2, 0) is 16.1 Å². The number of pyridine rings is 1. The zero-order chi connectivity index (χ0) is 16.9. The molecule has 2 fully saturated rings. The predicted molar refractivity (Wildman–Crippen MR) is 90.1 cm³/mol. The molecule has 0 unspecified atom stereocenters. The maximum absolute atomic E-state index is 13.1. The number of aromatic nitrogens is 1. The normalized spacial score (nSPS) is 24.7. The molecule has 2 aliphatic rings. The number of hydrogen-bond donors (Lipinski definition) is 1. The Labute approximate surface area is 143 Å². The van der Waals surface area contributed by atoms with Crippen molar-refractivity contribution in [1.82, 2.24) is 9.88 Å². The summed E-state index contributed by atoms with van der Waals surface area (Å²) in [6.07, 6.45) is 11.1. The standard InChI is InChI=1S/C19H26N2O3/c22-18(15-6-7-16(12-15)19(23)24)21(17-4-2-1-3-5-17)13-14-8-10-20-11-9-14/h8-11,15-17H,1-7,12-13H2,(H,23,24)/t15-,16+/m1/s1. The van der Waals surface area contributed by atoms with Crippen LogP contribution in [-0.4, -0.2) is 32.9 Å². The molecule has 2 saturated carbocycles. The summed E-state index contributed by atoms with van der Waals surface area (Å²) < 4.78 is 0. The number of nitrogens with zero attached hydrogens (tertiary/aromatic N) is 2. The molecule has 24 heavy (non-hydrogen) atoms. The van der Waals surface area contributed by atoms with E-state index in [9.17, 15) is 14.7 Å². The van der Waals surface area contributed by atoms with E-state index in [1.165, 1.54) is 19.3 Å². The first-order chi connectivity index (χ1) is 11.6. The zero-order valence-corrected chi connectivity index (χ0v) is 14.1. The summed E-state index contributed by atoms with van der Waals surface area (Å²) >= 11 is 0. The van der Waals surface area contributed by atoms with Crippen LogP contribution in [0, 0.1) is 11.8 Å². The minimum Gasteiger partial charge on any atom is -0.481 e. The van der Waals surface area contributed by atoms with Crippen LogP contribution in [0.4, 0.5) is 0 Å². The molecule has 0 radical (unpaired) electrons. The zero-order valence-electron chi connectivity index (χ0n) is 14.1. The number of carbonyl (C=O) groups excluding carboxylic acids is 1. The molecule has 2 aliphatic carbocycles. The second-order valence-corrected chi connectivity index (χ2v) is 7.16. The van der Waals surface area contributed by atoms with Crippen molar-refractivity contribution in [2.75, 3.05) is 0 Å². The molecule has 1 heterocycles. The molecule has 1 aromatic heterocycles. The smallest absolute Gasteiger partial charge is 0.306 e. The molecular formula is C19H26N2O3. The highest BCUT2D eigenvalue weighted by Gasteiger charge is 2.37. The summed E-state index contributed by atoms with van der Waals surface area (Å²) in [5.74, 6) is -1.09. The fourth-order valence-electron chi connectivity index (χ4n) is 4.13. The summed E-state index contributed by atoms with van der Waals surface area (Å²) in [6, 6.07) is 4.21. The number of hydrogen-bond acceptors (Lipinski definition) is 3. The van der Waals surface area contributed by atoms with Gasteiger partial charge in [-0.15, -0.1) is 0 Å². The lowest BCUT2D eigenvalue weighted by molar-refractivity contribution is -0.142. The summed E-state index contributed by atoms with van der Waals surface area (Å²) in [4.78, 5) is 30.4. The summed E-state index contributed by atoms with van der Waals surface area (Å²) in [7, 11) is 0. The van der Waals surface area contributed by atoms with E-state index in [-0.39, 0.29) is 17.7 Å². The van der Waals surface area contributed by atoms with Crippen molar-refractivity contribution >= 4 is 11.9 Å². The van der Waals surface area contributed by atoms with Gasteiger partial charge in [0.1, 0.15) is 0 Å². The van der Waals surface area contributed by atoms with Gasteiger partial charge < -0.3 is 10.0 Å². The van der Waals surface area contributed by atoms with E-state index in [1.807, 2.05) is 17.0 Å². The highest BCUT2D eigenvalue weighted by molar-refractivity contribution is 5.81. The molecule has 5 nitrogen and oxygen atoms in total. The Bertz CT molecular complexity index is 569. The Kier molecular flexibility index (Phi) is 5.48. The topological polar surface area (TPSA) is 70.5 Å². The summed E-state index contributed by atoms with van der Waals surface area (Å²) in [5.41, 5.74) is 1.09. The Morgan fingerprint density at radius 1 is 1.04 bits per heavy atom. The van der Waals surface area contributed by atoms with E-state index in [2.05, 4.69) is 4.98 Å². The van der Waals surface area contributed by atoms with Gasteiger partial charge in [0.2, 0.25) is 5.91 Å². The first-order valence-corrected chi connectivity index (χ1v) is 9.07. The molecule has 2 atom stereocenters. The highest BCUT2D eigenvalue weighted by atomic mass is 16.4. The minimum atomic E-state index is -0.761. The second-order valence-electron chi connectivity index (χ2n) is 7.16. The lowest BCUT2D eigenvalue weighted by Crippen LogP contribution is -2.43. The molecule has 0 saturated heterocycles. The maximum Gasteiger partial charge on any atom is 0.306 e. The number of carboxylic acids is 1. The Hall–Kier alpha value is -1.91. The lowest BCUT2D eigenvalue weighted by Gasteiger charge is -2.36. The molecular weight excluding hydrogens is 304 g/mol. The van der Waals surface area contributed by atoms with E-state index in [0.29, 0.717) is 31.8 Å². The molecule has 5 heteroatoms. The van der Waals surface area contributed by atoms with E-state index in [0.717, 1.165) is 18.4 Å². The van der Waals surface area contributed by atoms with Crippen molar-refractivity contribution in [3.05, 3.63) is 30.1 Å². The largest absolute Gasteiger partial charge is 0.481 e. The second kappa shape index (κ2) is 7.77. The molecule has 0 spiro atoms. The van der Waals surface area contributed by atoms with Gasteiger partial charge in [0.15, 0.2) is 0 Å². The number of carboxylic acid groups (broad SMARTS) is 1. The van der Waals surface area contributed by atoms with Crippen molar-refractivity contribution < 1.29 is 14.7 Å².